The molecule has 1 N–H and O–H groups in total. The van der Waals surface area contributed by atoms with E-state index in [1.807, 2.05) is 19.9 Å². The van der Waals surface area contributed by atoms with E-state index in [2.05, 4.69) is 5.32 Å². The van der Waals surface area contributed by atoms with E-state index >= 15 is 0 Å². The number of fused-ring (bicyclic) bond motifs is 1. The van der Waals surface area contributed by atoms with Crippen LogP contribution in [0.3, 0.4) is 0 Å². The molecule has 0 bridgehead atoms. The lowest BCUT2D eigenvalue weighted by atomic mass is 9.68. The van der Waals surface area contributed by atoms with Gasteiger partial charge in [0.15, 0.2) is 0 Å². The van der Waals surface area contributed by atoms with E-state index in [9.17, 15) is 9.59 Å². The predicted molar refractivity (Wildman–Crippen MR) is 57.1 cm³/mol. The van der Waals surface area contributed by atoms with Gasteiger partial charge in [-0.25, -0.2) is 0 Å². The molecule has 1 fully saturated rings. The lowest BCUT2D eigenvalue weighted by Crippen LogP contribution is -2.52. The van der Waals surface area contributed by atoms with Gasteiger partial charge >= 0.3 is 0 Å². The van der Waals surface area contributed by atoms with Gasteiger partial charge in [0, 0.05) is 12.5 Å². The van der Waals surface area contributed by atoms with Crippen molar-refractivity contribution in [2.75, 3.05) is 0 Å². The Bertz CT molecular complexity index is 429. The van der Waals surface area contributed by atoms with Crippen LogP contribution in [0.25, 0.3) is 0 Å². The van der Waals surface area contributed by atoms with Gasteiger partial charge in [0.2, 0.25) is 0 Å². The van der Waals surface area contributed by atoms with E-state index in [1.165, 1.54) is 6.08 Å². The molecule has 2 atom stereocenters. The Hall–Kier alpha value is -1.63. The highest BCUT2D eigenvalue weighted by Crippen LogP contribution is 2.38. The van der Waals surface area contributed by atoms with Crippen LogP contribution in [0.15, 0.2) is 11.6 Å². The van der Waals surface area contributed by atoms with Gasteiger partial charge in [-0.1, -0.05) is 13.8 Å². The van der Waals surface area contributed by atoms with Crippen molar-refractivity contribution in [1.29, 1.82) is 5.26 Å². The number of ketones is 1. The fraction of sp³-hybridized carbons (Fsp3) is 0.583. The molecule has 0 aromatic heterocycles. The van der Waals surface area contributed by atoms with E-state index in [4.69, 9.17) is 5.26 Å². The second-order valence-corrected chi connectivity index (χ2v) is 5.31. The number of nitriles is 1. The Morgan fingerprint density at radius 2 is 2.19 bits per heavy atom. The summed E-state index contributed by atoms with van der Waals surface area (Å²) < 4.78 is 0. The number of hydrogen-bond acceptors (Lipinski definition) is 3. The van der Waals surface area contributed by atoms with E-state index < -0.39 is 0 Å². The molecule has 1 amide bonds. The number of amides is 1. The third-order valence-corrected chi connectivity index (χ3v) is 3.26. The molecule has 2 aliphatic rings. The van der Waals surface area contributed by atoms with Crippen LogP contribution in [-0.2, 0) is 9.59 Å². The van der Waals surface area contributed by atoms with Crippen molar-refractivity contribution in [3.63, 3.8) is 0 Å². The van der Waals surface area contributed by atoms with Crippen LogP contribution >= 0.6 is 0 Å². The third-order valence-electron chi connectivity index (χ3n) is 3.26. The first-order valence-corrected chi connectivity index (χ1v) is 5.38. The fourth-order valence-electron chi connectivity index (χ4n) is 2.55. The number of hydrogen-bond donors (Lipinski definition) is 1. The van der Waals surface area contributed by atoms with Crippen LogP contribution in [-0.4, -0.2) is 17.7 Å². The van der Waals surface area contributed by atoms with Crippen LogP contribution in [0.1, 0.15) is 26.7 Å². The van der Waals surface area contributed by atoms with Crippen LogP contribution in [0.5, 0.6) is 0 Å². The van der Waals surface area contributed by atoms with Gasteiger partial charge < -0.3 is 5.32 Å². The predicted octanol–water partition coefficient (Wildman–Crippen LogP) is 0.940. The Balaban J connectivity index is 2.33. The molecule has 0 saturated heterocycles. The maximum Gasteiger partial charge on any atom is 0.261 e. The van der Waals surface area contributed by atoms with Crippen molar-refractivity contribution in [2.24, 2.45) is 11.3 Å². The molecular weight excluding hydrogens is 204 g/mol. The monoisotopic (exact) mass is 218 g/mol. The van der Waals surface area contributed by atoms with Gasteiger partial charge in [0.1, 0.15) is 17.4 Å². The highest BCUT2D eigenvalue weighted by Gasteiger charge is 2.42. The second-order valence-electron chi connectivity index (χ2n) is 5.31. The van der Waals surface area contributed by atoms with Crippen LogP contribution in [0.2, 0.25) is 0 Å². The Labute approximate surface area is 94.3 Å². The quantitative estimate of drug-likeness (QED) is 0.657. The first kappa shape index (κ1) is 10.9. The summed E-state index contributed by atoms with van der Waals surface area (Å²) in [7, 11) is 0. The van der Waals surface area contributed by atoms with Gasteiger partial charge in [-0.05, 0) is 17.9 Å². The topological polar surface area (TPSA) is 70.0 Å². The van der Waals surface area contributed by atoms with Gasteiger partial charge in [-0.3, -0.25) is 9.59 Å². The van der Waals surface area contributed by atoms with Crippen LogP contribution in [0, 0.1) is 22.7 Å². The first-order chi connectivity index (χ1) is 7.43. The summed E-state index contributed by atoms with van der Waals surface area (Å²) in [6.45, 7) is 4.05. The molecule has 2 rings (SSSR count). The van der Waals surface area contributed by atoms with Crippen LogP contribution in [0.4, 0.5) is 0 Å². The van der Waals surface area contributed by atoms with Gasteiger partial charge in [0.05, 0.1) is 5.92 Å². The standard InChI is InChI=1S/C12H14N2O2/c1-12(2)4-9-8(10(15)5-12)3-7(6-13)11(16)14-9/h3,8-9H,4-5H2,1-2H3,(H,14,16). The van der Waals surface area contributed by atoms with E-state index in [0.29, 0.717) is 6.42 Å². The second kappa shape index (κ2) is 3.44. The summed E-state index contributed by atoms with van der Waals surface area (Å²) in [6.07, 6.45) is 2.82. The molecule has 1 aliphatic heterocycles. The van der Waals surface area contributed by atoms with Gasteiger partial charge in [-0.2, -0.15) is 5.26 Å². The molecule has 0 aromatic carbocycles. The average Bonchev–Trinajstić information content (AvgIpc) is 2.14. The summed E-state index contributed by atoms with van der Waals surface area (Å²) >= 11 is 0. The van der Waals surface area contributed by atoms with E-state index in [0.717, 1.165) is 6.42 Å². The number of rotatable bonds is 0. The highest BCUT2D eigenvalue weighted by atomic mass is 16.2. The number of nitrogens with one attached hydrogen (secondary N) is 1. The Morgan fingerprint density at radius 3 is 2.81 bits per heavy atom. The largest absolute Gasteiger partial charge is 0.348 e. The van der Waals surface area contributed by atoms with Crippen molar-refractivity contribution >= 4 is 11.7 Å². The zero-order valence-corrected chi connectivity index (χ0v) is 9.41. The Morgan fingerprint density at radius 1 is 1.50 bits per heavy atom. The van der Waals surface area contributed by atoms with Gasteiger partial charge in [0.25, 0.3) is 5.91 Å². The van der Waals surface area contributed by atoms with Crippen molar-refractivity contribution in [2.45, 2.75) is 32.7 Å². The Kier molecular flexibility index (Phi) is 2.34. The van der Waals surface area contributed by atoms with Crippen molar-refractivity contribution < 1.29 is 9.59 Å². The third kappa shape index (κ3) is 1.73. The molecule has 4 heteroatoms. The molecule has 84 valence electrons. The SMILES string of the molecule is CC1(C)CC(=O)C2C=C(C#N)C(=O)NC2C1. The molecule has 0 radical (unpaired) electrons. The zero-order chi connectivity index (χ0) is 11.9. The number of Topliss-reactive ketones (excluding diaryl/α,β-unsaturated/α-hetero) is 1. The maximum absolute atomic E-state index is 11.9. The minimum atomic E-state index is -0.353. The minimum Gasteiger partial charge on any atom is -0.348 e. The molecular formula is C12H14N2O2. The first-order valence-electron chi connectivity index (χ1n) is 5.38. The summed E-state index contributed by atoms with van der Waals surface area (Å²) in [4.78, 5) is 23.4. The molecule has 1 aliphatic carbocycles. The molecule has 0 spiro atoms. The van der Waals surface area contributed by atoms with E-state index in [1.54, 1.807) is 0 Å². The molecule has 0 aromatic rings. The van der Waals surface area contributed by atoms with Crippen molar-refractivity contribution in [3.8, 4) is 6.07 Å². The van der Waals surface area contributed by atoms with E-state index in [-0.39, 0.29) is 34.6 Å². The summed E-state index contributed by atoms with van der Waals surface area (Å²) in [5.41, 5.74) is -0.00178. The number of carbonyl (C=O) groups is 2. The van der Waals surface area contributed by atoms with Crippen LogP contribution < -0.4 is 5.32 Å². The molecule has 2 unspecified atom stereocenters. The molecule has 16 heavy (non-hydrogen) atoms. The summed E-state index contributed by atoms with van der Waals surface area (Å²) in [6, 6.07) is 1.69. The lowest BCUT2D eigenvalue weighted by molar-refractivity contribution is -0.129. The van der Waals surface area contributed by atoms with Crippen molar-refractivity contribution in [1.82, 2.24) is 5.32 Å². The maximum atomic E-state index is 11.9. The smallest absolute Gasteiger partial charge is 0.261 e. The zero-order valence-electron chi connectivity index (χ0n) is 9.41. The van der Waals surface area contributed by atoms with Crippen molar-refractivity contribution in [3.05, 3.63) is 11.6 Å². The summed E-state index contributed by atoms with van der Waals surface area (Å²) in [5.74, 6) is -0.538. The molecule has 4 nitrogen and oxygen atoms in total. The van der Waals surface area contributed by atoms with Gasteiger partial charge in [-0.15, -0.1) is 0 Å². The number of carbonyl (C=O) groups excluding carboxylic acids is 2. The summed E-state index contributed by atoms with van der Waals surface area (Å²) in [5, 5.41) is 11.5. The average molecular weight is 218 g/mol. The highest BCUT2D eigenvalue weighted by molar-refractivity contribution is 6.01. The minimum absolute atomic E-state index is 0.0642. The fourth-order valence-corrected chi connectivity index (χ4v) is 2.55. The lowest BCUT2D eigenvalue weighted by Gasteiger charge is -2.40. The number of nitrogens with zero attached hydrogens (tertiary/aromatic N) is 1. The normalized spacial score (nSPS) is 32.2. The molecule has 1 heterocycles. The molecule has 1 saturated carbocycles.